The van der Waals surface area contributed by atoms with E-state index < -0.39 is 0 Å². The Morgan fingerprint density at radius 1 is 0.386 bits per heavy atom. The van der Waals surface area contributed by atoms with Crippen LogP contribution in [0.15, 0.2) is 108 Å². The molecule has 0 N–H and O–H groups in total. The Bertz CT molecular complexity index is 2260. The molecule has 0 nitrogen and oxygen atoms in total. The fourth-order valence-corrected chi connectivity index (χ4v) is 9.25. The van der Waals surface area contributed by atoms with Gasteiger partial charge in [0.25, 0.3) is 0 Å². The quantitative estimate of drug-likeness (QED) is 0.169. The third kappa shape index (κ3) is 3.19. The molecule has 0 unspecified atom stereocenters. The normalized spacial score (nSPS) is 17.1. The first-order chi connectivity index (χ1) is 21.0. The largest absolute Gasteiger partial charge is 0.0619 e. The Balaban J connectivity index is 1.29. The van der Waals surface area contributed by atoms with E-state index in [0.717, 1.165) is 4.47 Å². The van der Waals surface area contributed by atoms with Gasteiger partial charge in [0.1, 0.15) is 0 Å². The molecular formula is C43H35Br. The lowest BCUT2D eigenvalue weighted by atomic mass is 9.78. The van der Waals surface area contributed by atoms with Crippen LogP contribution in [0, 0.1) is 0 Å². The molecule has 0 aromatic heterocycles. The van der Waals surface area contributed by atoms with Gasteiger partial charge in [-0.1, -0.05) is 124 Å². The molecule has 0 heterocycles. The summed E-state index contributed by atoms with van der Waals surface area (Å²) in [6, 6.07) is 39.6. The summed E-state index contributed by atoms with van der Waals surface area (Å²) in [4.78, 5) is 0. The Labute approximate surface area is 268 Å². The van der Waals surface area contributed by atoms with Crippen molar-refractivity contribution in [2.75, 3.05) is 0 Å². The lowest BCUT2D eigenvalue weighted by Crippen LogP contribution is -2.17. The van der Waals surface area contributed by atoms with Crippen molar-refractivity contribution in [3.8, 4) is 44.5 Å². The minimum absolute atomic E-state index is 0.0246. The summed E-state index contributed by atoms with van der Waals surface area (Å²) in [6.45, 7) is 14.4. The highest BCUT2D eigenvalue weighted by Crippen LogP contribution is 2.58. The molecule has 0 saturated carbocycles. The number of rotatable bonds is 1. The van der Waals surface area contributed by atoms with E-state index in [1.165, 1.54) is 88.7 Å². The molecule has 0 aliphatic heterocycles. The number of fused-ring (bicyclic) bond motifs is 11. The first kappa shape index (κ1) is 26.5. The van der Waals surface area contributed by atoms with Crippen LogP contribution in [0.1, 0.15) is 74.9 Å². The van der Waals surface area contributed by atoms with Crippen molar-refractivity contribution in [1.29, 1.82) is 0 Å². The molecule has 0 fully saturated rings. The molecule has 0 spiro atoms. The molecule has 0 atom stereocenters. The van der Waals surface area contributed by atoms with E-state index in [2.05, 4.69) is 161 Å². The van der Waals surface area contributed by atoms with Gasteiger partial charge >= 0.3 is 0 Å². The van der Waals surface area contributed by atoms with E-state index in [4.69, 9.17) is 0 Å². The Kier molecular flexibility index (Phi) is 5.05. The zero-order valence-corrected chi connectivity index (χ0v) is 27.8. The minimum Gasteiger partial charge on any atom is -0.0619 e. The highest BCUT2D eigenvalue weighted by Gasteiger charge is 2.43. The molecular weight excluding hydrogens is 596 g/mol. The van der Waals surface area contributed by atoms with E-state index in [-0.39, 0.29) is 16.2 Å². The highest BCUT2D eigenvalue weighted by molar-refractivity contribution is 9.10. The lowest BCUT2D eigenvalue weighted by molar-refractivity contribution is 0.652. The topological polar surface area (TPSA) is 0 Å². The molecule has 0 amide bonds. The number of halogens is 1. The summed E-state index contributed by atoms with van der Waals surface area (Å²) >= 11 is 3.74. The molecule has 0 saturated heterocycles. The first-order valence-corrected chi connectivity index (χ1v) is 16.6. The van der Waals surface area contributed by atoms with Gasteiger partial charge in [0, 0.05) is 20.7 Å². The van der Waals surface area contributed by atoms with Crippen LogP contribution in [0.5, 0.6) is 0 Å². The molecule has 0 radical (unpaired) electrons. The maximum atomic E-state index is 3.74. The number of hydrogen-bond donors (Lipinski definition) is 0. The van der Waals surface area contributed by atoms with Gasteiger partial charge < -0.3 is 0 Å². The predicted octanol–water partition coefficient (Wildman–Crippen LogP) is 12.2. The zero-order valence-electron chi connectivity index (χ0n) is 26.2. The van der Waals surface area contributed by atoms with Gasteiger partial charge in [-0.05, 0) is 125 Å². The van der Waals surface area contributed by atoms with Crippen LogP contribution in [-0.2, 0) is 16.2 Å². The Hall–Kier alpha value is -3.94. The van der Waals surface area contributed by atoms with Gasteiger partial charge in [-0.2, -0.15) is 0 Å². The van der Waals surface area contributed by atoms with E-state index in [1.54, 1.807) is 0 Å². The second-order valence-electron chi connectivity index (χ2n) is 14.7. The fraction of sp³-hybridized carbons (Fsp3) is 0.209. The fourth-order valence-electron chi connectivity index (χ4n) is 8.89. The Morgan fingerprint density at radius 2 is 0.909 bits per heavy atom. The average molecular weight is 632 g/mol. The average Bonchev–Trinajstić information content (AvgIpc) is 3.48. The molecule has 44 heavy (non-hydrogen) atoms. The second-order valence-corrected chi connectivity index (χ2v) is 15.6. The van der Waals surface area contributed by atoms with Crippen LogP contribution in [0.4, 0.5) is 0 Å². The van der Waals surface area contributed by atoms with Gasteiger partial charge in [-0.15, -0.1) is 0 Å². The van der Waals surface area contributed by atoms with Crippen molar-refractivity contribution in [3.05, 3.63) is 141 Å². The van der Waals surface area contributed by atoms with Crippen LogP contribution in [-0.4, -0.2) is 0 Å². The number of hydrogen-bond acceptors (Lipinski definition) is 0. The molecule has 9 rings (SSSR count). The zero-order chi connectivity index (χ0) is 30.3. The molecule has 6 aromatic rings. The third-order valence-electron chi connectivity index (χ3n) is 11.3. The van der Waals surface area contributed by atoms with Crippen molar-refractivity contribution >= 4 is 26.7 Å². The molecule has 214 valence electrons. The molecule has 1 heteroatoms. The monoisotopic (exact) mass is 630 g/mol. The predicted molar refractivity (Wildman–Crippen MR) is 190 cm³/mol. The van der Waals surface area contributed by atoms with E-state index in [1.807, 2.05) is 0 Å². The van der Waals surface area contributed by atoms with Crippen LogP contribution in [0.3, 0.4) is 0 Å². The van der Waals surface area contributed by atoms with Gasteiger partial charge in [0.05, 0.1) is 0 Å². The standard InChI is InChI=1S/C43H35Br/c1-41(2)34-14-10-9-12-27(34)28-17-15-24(19-35(28)41)31-21-39-40(30-13-8-7-11-26(30)31)33-23-37-32(22-38(33)43(39,5)6)29-18-16-25(44)20-36(29)42(37,3)4/h7-23H,1-6H3. The smallest absolute Gasteiger partial charge is 0.0178 e. The van der Waals surface area contributed by atoms with Crippen molar-refractivity contribution in [2.24, 2.45) is 0 Å². The lowest BCUT2D eigenvalue weighted by Gasteiger charge is -2.25. The molecule has 3 aliphatic rings. The van der Waals surface area contributed by atoms with Crippen molar-refractivity contribution < 1.29 is 0 Å². The first-order valence-electron chi connectivity index (χ1n) is 15.8. The molecule has 6 aromatic carbocycles. The highest BCUT2D eigenvalue weighted by atomic mass is 79.9. The minimum atomic E-state index is -0.118. The van der Waals surface area contributed by atoms with Crippen LogP contribution >= 0.6 is 15.9 Å². The summed E-state index contributed by atoms with van der Waals surface area (Å²) in [6.07, 6.45) is 0. The summed E-state index contributed by atoms with van der Waals surface area (Å²) in [5.74, 6) is 0. The van der Waals surface area contributed by atoms with Crippen LogP contribution in [0.25, 0.3) is 55.3 Å². The van der Waals surface area contributed by atoms with Gasteiger partial charge in [0.15, 0.2) is 0 Å². The van der Waals surface area contributed by atoms with Crippen molar-refractivity contribution in [1.82, 2.24) is 0 Å². The molecule has 0 bridgehead atoms. The van der Waals surface area contributed by atoms with E-state index >= 15 is 0 Å². The summed E-state index contributed by atoms with van der Waals surface area (Å²) in [7, 11) is 0. The van der Waals surface area contributed by atoms with Gasteiger partial charge in [-0.3, -0.25) is 0 Å². The summed E-state index contributed by atoms with van der Waals surface area (Å²) in [5.41, 5.74) is 19.3. The van der Waals surface area contributed by atoms with Gasteiger partial charge in [-0.25, -0.2) is 0 Å². The third-order valence-corrected chi connectivity index (χ3v) is 11.8. The maximum absolute atomic E-state index is 3.74. The van der Waals surface area contributed by atoms with Crippen LogP contribution in [0.2, 0.25) is 0 Å². The maximum Gasteiger partial charge on any atom is 0.0178 e. The molecule has 3 aliphatic carbocycles. The SMILES string of the molecule is CC1(C)c2ccccc2-c2ccc(-c3cc4c(c5ccccc35)-c3cc5c(cc3C4(C)C)-c3ccc(Br)cc3C5(C)C)cc21. The van der Waals surface area contributed by atoms with E-state index in [0.29, 0.717) is 0 Å². The second kappa shape index (κ2) is 8.40. The van der Waals surface area contributed by atoms with Crippen molar-refractivity contribution in [3.63, 3.8) is 0 Å². The van der Waals surface area contributed by atoms with Crippen molar-refractivity contribution in [2.45, 2.75) is 57.8 Å². The van der Waals surface area contributed by atoms with Crippen LogP contribution < -0.4 is 0 Å². The van der Waals surface area contributed by atoms with E-state index in [9.17, 15) is 0 Å². The summed E-state index contributed by atoms with van der Waals surface area (Å²) < 4.78 is 1.15. The Morgan fingerprint density at radius 3 is 1.73 bits per heavy atom. The van der Waals surface area contributed by atoms with Gasteiger partial charge in [0.2, 0.25) is 0 Å². The summed E-state index contributed by atoms with van der Waals surface area (Å²) in [5, 5.41) is 2.68. The number of benzene rings is 6.